The van der Waals surface area contributed by atoms with Crippen molar-refractivity contribution in [2.75, 3.05) is 0 Å². The molecular weight excluding hydrogens is 665 g/mol. The first-order valence-corrected chi connectivity index (χ1v) is 19.2. The van der Waals surface area contributed by atoms with Crippen molar-refractivity contribution >= 4 is 77.3 Å². The topological polar surface area (TPSA) is 42.0 Å². The fourth-order valence-corrected chi connectivity index (χ4v) is 8.19. The molecule has 0 unspecified atom stereocenters. The molecule has 0 N–H and O–H groups in total. The summed E-state index contributed by atoms with van der Waals surface area (Å²) in [5.41, 5.74) is 8.98. The highest BCUT2D eigenvalue weighted by Gasteiger charge is 2.18. The lowest BCUT2D eigenvalue weighted by Crippen LogP contribution is -2.06. The molecular formula is C48H44N4S. The van der Waals surface area contributed by atoms with Crippen LogP contribution < -0.4 is 0 Å². The number of hydrogen-bond donors (Lipinski definition) is 0. The number of nitrogens with zero attached hydrogens (tertiary/aromatic N) is 4. The third-order valence-electron chi connectivity index (χ3n) is 9.48. The van der Waals surface area contributed by atoms with E-state index in [0.29, 0.717) is 18.2 Å². The van der Waals surface area contributed by atoms with Crippen LogP contribution in [0.2, 0.25) is 0 Å². The van der Waals surface area contributed by atoms with E-state index < -0.39 is 0 Å². The third kappa shape index (κ3) is 7.13. The van der Waals surface area contributed by atoms with Crippen molar-refractivity contribution in [3.05, 3.63) is 168 Å². The molecule has 7 aromatic rings. The van der Waals surface area contributed by atoms with Gasteiger partial charge in [0.1, 0.15) is 0 Å². The van der Waals surface area contributed by atoms with Gasteiger partial charge >= 0.3 is 0 Å². The lowest BCUT2D eigenvalue weighted by molar-refractivity contribution is 1.05. The lowest BCUT2D eigenvalue weighted by atomic mass is 10.0. The van der Waals surface area contributed by atoms with Crippen LogP contribution >= 0.6 is 11.3 Å². The van der Waals surface area contributed by atoms with Gasteiger partial charge in [-0.3, -0.25) is 4.99 Å². The zero-order chi connectivity index (χ0) is 36.7. The first-order valence-electron chi connectivity index (χ1n) is 18.4. The van der Waals surface area contributed by atoms with Gasteiger partial charge in [-0.1, -0.05) is 129 Å². The maximum absolute atomic E-state index is 5.06. The molecule has 53 heavy (non-hydrogen) atoms. The molecule has 0 aliphatic heterocycles. The monoisotopic (exact) mass is 708 g/mol. The number of fused-ring (bicyclic) bond motifs is 7. The number of aliphatic imine (C=N–C) groups is 3. The van der Waals surface area contributed by atoms with Crippen molar-refractivity contribution in [3.8, 4) is 5.69 Å². The van der Waals surface area contributed by atoms with E-state index in [1.54, 1.807) is 0 Å². The van der Waals surface area contributed by atoms with Crippen molar-refractivity contribution in [2.45, 2.75) is 47.1 Å². The van der Waals surface area contributed by atoms with Crippen molar-refractivity contribution < 1.29 is 0 Å². The van der Waals surface area contributed by atoms with Crippen LogP contribution in [-0.2, 0) is 6.54 Å². The third-order valence-corrected chi connectivity index (χ3v) is 10.7. The molecule has 0 aliphatic rings. The van der Waals surface area contributed by atoms with Gasteiger partial charge in [0.25, 0.3) is 0 Å². The molecule has 7 rings (SSSR count). The standard InChI is InChI=1S/C48H44N4S/c1-6-10-18-34(9-4)37-25-30-43-42(31-37)40-28-29-41-39-21-14-15-22-44(39)53-46(41)45(40)52(43)38-26-23-33(24-27-38)32-50-48(35(16-7-2)17-8-3)51-47(49-5)36-19-12-11-13-20-36/h7,9-31H,5-6,8,32H2,1-4H3/b16-7-,18-10-,34-9+,35-17+,50-48?,51-47?. The van der Waals surface area contributed by atoms with E-state index in [9.17, 15) is 0 Å². The molecule has 0 saturated carbocycles. The molecule has 0 saturated heterocycles. The van der Waals surface area contributed by atoms with Crippen LogP contribution in [0.5, 0.6) is 0 Å². The summed E-state index contributed by atoms with van der Waals surface area (Å²) in [5, 5.41) is 5.11. The summed E-state index contributed by atoms with van der Waals surface area (Å²) in [4.78, 5) is 14.3. The molecule has 0 aliphatic carbocycles. The highest BCUT2D eigenvalue weighted by molar-refractivity contribution is 7.26. The Balaban J connectivity index is 1.35. The highest BCUT2D eigenvalue weighted by atomic mass is 32.1. The Morgan fingerprint density at radius 3 is 2.26 bits per heavy atom. The van der Waals surface area contributed by atoms with E-state index in [0.717, 1.165) is 35.2 Å². The normalized spacial score (nSPS) is 13.5. The molecule has 262 valence electrons. The maximum Gasteiger partial charge on any atom is 0.161 e. The minimum absolute atomic E-state index is 0.478. The molecule has 2 aromatic heterocycles. The largest absolute Gasteiger partial charge is 0.308 e. The molecule has 0 bridgehead atoms. The highest BCUT2D eigenvalue weighted by Crippen LogP contribution is 2.43. The van der Waals surface area contributed by atoms with Crippen LogP contribution in [0.25, 0.3) is 53.2 Å². The average molecular weight is 709 g/mol. The van der Waals surface area contributed by atoms with E-state index in [1.165, 1.54) is 53.1 Å². The minimum Gasteiger partial charge on any atom is -0.308 e. The number of allylic oxidation sites excluding steroid dienone is 6. The van der Waals surface area contributed by atoms with Gasteiger partial charge < -0.3 is 4.57 Å². The Kier molecular flexibility index (Phi) is 10.8. The van der Waals surface area contributed by atoms with Crippen LogP contribution in [0.1, 0.15) is 57.2 Å². The number of rotatable bonds is 10. The van der Waals surface area contributed by atoms with Gasteiger partial charge in [-0.25, -0.2) is 9.98 Å². The molecule has 0 fully saturated rings. The van der Waals surface area contributed by atoms with Crippen LogP contribution in [0.4, 0.5) is 0 Å². The van der Waals surface area contributed by atoms with E-state index in [2.05, 4.69) is 146 Å². The van der Waals surface area contributed by atoms with Gasteiger partial charge in [0.05, 0.1) is 22.3 Å². The maximum atomic E-state index is 5.06. The summed E-state index contributed by atoms with van der Waals surface area (Å²) in [7, 11) is 0. The quantitative estimate of drug-likeness (QED) is 0.0771. The molecule has 0 radical (unpaired) electrons. The SMILES string of the molecule is C=NC(=NC(=NCc1ccc(-n2c3ccc(C(/C=C\CC)=C/C)cc3c3ccc4c5ccccc5sc4c32)cc1)C(/C=C\C)=C/CC)c1ccccc1. The minimum atomic E-state index is 0.478. The summed E-state index contributed by atoms with van der Waals surface area (Å²) in [6, 6.07) is 39.0. The first kappa shape index (κ1) is 35.5. The number of aromatic nitrogens is 1. The van der Waals surface area contributed by atoms with Crippen LogP contribution in [-0.4, -0.2) is 23.0 Å². The Labute approximate surface area is 316 Å². The summed E-state index contributed by atoms with van der Waals surface area (Å²) in [6.45, 7) is 12.7. The fourth-order valence-electron chi connectivity index (χ4n) is 6.95. The second-order valence-corrected chi connectivity index (χ2v) is 13.9. The predicted molar refractivity (Wildman–Crippen MR) is 234 cm³/mol. The summed E-state index contributed by atoms with van der Waals surface area (Å²) in [5.74, 6) is 1.19. The fraction of sp³-hybridized carbons (Fsp3) is 0.146. The van der Waals surface area contributed by atoms with Gasteiger partial charge in [-0.15, -0.1) is 11.3 Å². The van der Waals surface area contributed by atoms with Gasteiger partial charge in [0.15, 0.2) is 11.7 Å². The number of benzene rings is 5. The van der Waals surface area contributed by atoms with Crippen molar-refractivity contribution in [3.63, 3.8) is 0 Å². The van der Waals surface area contributed by atoms with Gasteiger partial charge in [0.2, 0.25) is 0 Å². The molecule has 5 aromatic carbocycles. The van der Waals surface area contributed by atoms with E-state index in [4.69, 9.17) is 9.98 Å². The Hall–Kier alpha value is -5.91. The van der Waals surface area contributed by atoms with Gasteiger partial charge in [-0.05, 0) is 80.4 Å². The van der Waals surface area contributed by atoms with Crippen LogP contribution in [0, 0.1) is 0 Å². The molecule has 0 atom stereocenters. The molecule has 0 amide bonds. The number of hydrogen-bond acceptors (Lipinski definition) is 2. The van der Waals surface area contributed by atoms with E-state index in [-0.39, 0.29) is 0 Å². The lowest BCUT2D eigenvalue weighted by Gasteiger charge is -2.10. The summed E-state index contributed by atoms with van der Waals surface area (Å²) >= 11 is 1.87. The smallest absolute Gasteiger partial charge is 0.161 e. The van der Waals surface area contributed by atoms with Gasteiger partial charge in [-0.2, -0.15) is 0 Å². The first-order chi connectivity index (χ1) is 26.1. The number of thiophene rings is 1. The van der Waals surface area contributed by atoms with Crippen molar-refractivity contribution in [2.24, 2.45) is 15.0 Å². The van der Waals surface area contributed by atoms with E-state index in [1.807, 2.05) is 54.7 Å². The molecule has 4 nitrogen and oxygen atoms in total. The van der Waals surface area contributed by atoms with Gasteiger partial charge in [0, 0.05) is 43.1 Å². The second-order valence-electron chi connectivity index (χ2n) is 12.9. The van der Waals surface area contributed by atoms with Crippen LogP contribution in [0.3, 0.4) is 0 Å². The zero-order valence-electron chi connectivity index (χ0n) is 30.9. The Bertz CT molecular complexity index is 2620. The Morgan fingerprint density at radius 1 is 0.755 bits per heavy atom. The molecule has 2 heterocycles. The summed E-state index contributed by atoms with van der Waals surface area (Å²) in [6.07, 6.45) is 14.8. The second kappa shape index (κ2) is 16.2. The van der Waals surface area contributed by atoms with Crippen LogP contribution in [0.15, 0.2) is 166 Å². The Morgan fingerprint density at radius 2 is 1.53 bits per heavy atom. The van der Waals surface area contributed by atoms with Crippen molar-refractivity contribution in [1.29, 1.82) is 0 Å². The summed E-state index contributed by atoms with van der Waals surface area (Å²) < 4.78 is 5.05. The molecule has 5 heteroatoms. The zero-order valence-corrected chi connectivity index (χ0v) is 31.7. The van der Waals surface area contributed by atoms with E-state index >= 15 is 0 Å². The van der Waals surface area contributed by atoms with Crippen molar-refractivity contribution in [1.82, 2.24) is 4.57 Å². The molecule has 0 spiro atoms. The average Bonchev–Trinajstić information content (AvgIpc) is 3.75. The number of amidine groups is 2. The predicted octanol–water partition coefficient (Wildman–Crippen LogP) is 13.5.